The zero-order valence-electron chi connectivity index (χ0n) is 18.3. The highest BCUT2D eigenvalue weighted by atomic mass is 32.1. The number of hydrogen-bond donors (Lipinski definition) is 0. The topological polar surface area (TPSA) is 79.8 Å². The van der Waals surface area contributed by atoms with E-state index in [1.54, 1.807) is 18.9 Å². The summed E-state index contributed by atoms with van der Waals surface area (Å²) in [5, 5.41) is 0.882. The van der Waals surface area contributed by atoms with Gasteiger partial charge < -0.3 is 14.5 Å². The van der Waals surface area contributed by atoms with Crippen LogP contribution < -0.4 is 0 Å². The van der Waals surface area contributed by atoms with Crippen molar-refractivity contribution in [1.29, 1.82) is 0 Å². The van der Waals surface area contributed by atoms with Crippen LogP contribution in [0.3, 0.4) is 0 Å². The van der Waals surface area contributed by atoms with Crippen molar-refractivity contribution in [3.63, 3.8) is 0 Å². The van der Waals surface area contributed by atoms with E-state index < -0.39 is 0 Å². The number of hydrogen-bond acceptors (Lipinski definition) is 6. The van der Waals surface area contributed by atoms with Crippen molar-refractivity contribution in [2.45, 2.75) is 33.1 Å². The second-order valence-corrected chi connectivity index (χ2v) is 8.84. The Kier molecular flexibility index (Phi) is 7.79. The number of amides is 2. The van der Waals surface area contributed by atoms with E-state index in [4.69, 9.17) is 4.74 Å². The summed E-state index contributed by atoms with van der Waals surface area (Å²) >= 11 is 1.38. The van der Waals surface area contributed by atoms with Gasteiger partial charge in [0.1, 0.15) is 4.88 Å². The van der Waals surface area contributed by atoms with E-state index in [0.717, 1.165) is 10.6 Å². The molecule has 1 aromatic heterocycles. The first-order valence-electron chi connectivity index (χ1n) is 10.6. The van der Waals surface area contributed by atoms with Gasteiger partial charge in [0.2, 0.25) is 5.91 Å². The monoisotopic (exact) mass is 443 g/mol. The molecule has 2 amide bonds. The number of carbonyl (C=O) groups is 3. The van der Waals surface area contributed by atoms with E-state index in [1.807, 2.05) is 37.3 Å². The molecule has 7 nitrogen and oxygen atoms in total. The molecule has 2 heterocycles. The maximum atomic E-state index is 12.9. The van der Waals surface area contributed by atoms with Gasteiger partial charge in [0, 0.05) is 26.6 Å². The third-order valence-electron chi connectivity index (χ3n) is 5.42. The Morgan fingerprint density at radius 2 is 1.87 bits per heavy atom. The lowest BCUT2D eigenvalue weighted by Crippen LogP contribution is -2.45. The molecular formula is C23H29N3O4S. The summed E-state index contributed by atoms with van der Waals surface area (Å²) in [6.07, 6.45) is 1.87. The predicted molar refractivity (Wildman–Crippen MR) is 119 cm³/mol. The molecule has 0 radical (unpaired) electrons. The van der Waals surface area contributed by atoms with Crippen LogP contribution >= 0.6 is 11.3 Å². The Labute approximate surface area is 187 Å². The molecule has 0 aliphatic carbocycles. The number of likely N-dealkylation sites (tertiary alicyclic amines) is 1. The molecule has 0 saturated carbocycles. The standard InChI is InChI=1S/C23H29N3O4S/c1-4-30-23(29)18-10-12-26(13-11-18)20(27)15-25(3)22(28)21-16(2)24-19(31-21)14-17-8-6-5-7-9-17/h5-9,18H,4,10-15H2,1-3H3. The number of benzene rings is 1. The second-order valence-electron chi connectivity index (χ2n) is 7.75. The molecule has 1 fully saturated rings. The van der Waals surface area contributed by atoms with Crippen LogP contribution in [0, 0.1) is 12.8 Å². The number of rotatable bonds is 7. The van der Waals surface area contributed by atoms with Crippen LogP contribution in [0.2, 0.25) is 0 Å². The maximum absolute atomic E-state index is 12.9. The molecule has 1 aliphatic rings. The Bertz CT molecular complexity index is 920. The lowest BCUT2D eigenvalue weighted by molar-refractivity contribution is -0.151. The smallest absolute Gasteiger partial charge is 0.309 e. The molecule has 0 atom stereocenters. The van der Waals surface area contributed by atoms with Crippen molar-refractivity contribution in [1.82, 2.24) is 14.8 Å². The molecule has 0 spiro atoms. The first-order valence-corrected chi connectivity index (χ1v) is 11.4. The molecule has 166 valence electrons. The molecule has 1 aromatic carbocycles. The summed E-state index contributed by atoms with van der Waals surface area (Å²) in [7, 11) is 1.64. The van der Waals surface area contributed by atoms with Crippen LogP contribution in [0.15, 0.2) is 30.3 Å². The number of ether oxygens (including phenoxy) is 1. The van der Waals surface area contributed by atoms with Crippen LogP contribution in [-0.4, -0.2) is 65.9 Å². The van der Waals surface area contributed by atoms with E-state index in [1.165, 1.54) is 16.2 Å². The molecule has 0 bridgehead atoms. The third kappa shape index (κ3) is 5.91. The Morgan fingerprint density at radius 3 is 2.52 bits per heavy atom. The third-order valence-corrected chi connectivity index (χ3v) is 6.57. The number of aromatic nitrogens is 1. The molecule has 31 heavy (non-hydrogen) atoms. The van der Waals surface area contributed by atoms with Gasteiger partial charge in [-0.25, -0.2) is 4.98 Å². The summed E-state index contributed by atoms with van der Waals surface area (Å²) in [4.78, 5) is 45.8. The van der Waals surface area contributed by atoms with Gasteiger partial charge in [-0.3, -0.25) is 14.4 Å². The Morgan fingerprint density at radius 1 is 1.19 bits per heavy atom. The molecule has 1 aliphatic heterocycles. The first-order chi connectivity index (χ1) is 14.9. The minimum Gasteiger partial charge on any atom is -0.466 e. The van der Waals surface area contributed by atoms with E-state index in [0.29, 0.717) is 49.5 Å². The lowest BCUT2D eigenvalue weighted by Gasteiger charge is -2.32. The average molecular weight is 444 g/mol. The van der Waals surface area contributed by atoms with Gasteiger partial charge in [-0.05, 0) is 32.3 Å². The number of thiazole rings is 1. The average Bonchev–Trinajstić information content (AvgIpc) is 3.13. The minimum atomic E-state index is -0.191. The lowest BCUT2D eigenvalue weighted by atomic mass is 9.97. The summed E-state index contributed by atoms with van der Waals surface area (Å²) in [6.45, 7) is 5.01. The fourth-order valence-corrected chi connectivity index (χ4v) is 4.76. The van der Waals surface area contributed by atoms with Crippen molar-refractivity contribution >= 4 is 29.1 Å². The van der Waals surface area contributed by atoms with E-state index in [9.17, 15) is 14.4 Å². The number of carbonyl (C=O) groups excluding carboxylic acids is 3. The molecular weight excluding hydrogens is 414 g/mol. The van der Waals surface area contributed by atoms with Crippen molar-refractivity contribution in [2.24, 2.45) is 5.92 Å². The SMILES string of the molecule is CCOC(=O)C1CCN(C(=O)CN(C)C(=O)c2sc(Cc3ccccc3)nc2C)CC1. The zero-order chi connectivity index (χ0) is 22.4. The molecule has 0 N–H and O–H groups in total. The summed E-state index contributed by atoms with van der Waals surface area (Å²) in [6, 6.07) is 10.0. The number of piperidine rings is 1. The predicted octanol–water partition coefficient (Wildman–Crippen LogP) is 2.92. The summed E-state index contributed by atoms with van der Waals surface area (Å²) in [5.74, 6) is -0.631. The van der Waals surface area contributed by atoms with Gasteiger partial charge in [0.05, 0.1) is 29.8 Å². The van der Waals surface area contributed by atoms with Gasteiger partial charge in [0.25, 0.3) is 5.91 Å². The maximum Gasteiger partial charge on any atom is 0.309 e. The van der Waals surface area contributed by atoms with Crippen LogP contribution in [0.4, 0.5) is 0 Å². The number of nitrogens with zero attached hydrogens (tertiary/aromatic N) is 3. The van der Waals surface area contributed by atoms with Crippen molar-refractivity contribution in [3.8, 4) is 0 Å². The number of esters is 1. The summed E-state index contributed by atoms with van der Waals surface area (Å²) < 4.78 is 5.07. The van der Waals surface area contributed by atoms with Crippen LogP contribution in [0.25, 0.3) is 0 Å². The van der Waals surface area contributed by atoms with Crippen LogP contribution in [-0.2, 0) is 20.7 Å². The Balaban J connectivity index is 1.55. The highest BCUT2D eigenvalue weighted by Crippen LogP contribution is 2.23. The molecule has 0 unspecified atom stereocenters. The van der Waals surface area contributed by atoms with Gasteiger partial charge in [-0.2, -0.15) is 0 Å². The van der Waals surface area contributed by atoms with Gasteiger partial charge in [0.15, 0.2) is 0 Å². The fourth-order valence-electron chi connectivity index (χ4n) is 3.67. The highest BCUT2D eigenvalue weighted by Gasteiger charge is 2.29. The van der Waals surface area contributed by atoms with E-state index in [2.05, 4.69) is 4.98 Å². The largest absolute Gasteiger partial charge is 0.466 e. The van der Waals surface area contributed by atoms with Gasteiger partial charge in [-0.1, -0.05) is 30.3 Å². The number of aryl methyl sites for hydroxylation is 1. The van der Waals surface area contributed by atoms with Crippen molar-refractivity contribution in [2.75, 3.05) is 33.3 Å². The van der Waals surface area contributed by atoms with E-state index in [-0.39, 0.29) is 30.2 Å². The minimum absolute atomic E-state index is 0.00820. The quantitative estimate of drug-likeness (QED) is 0.615. The zero-order valence-corrected chi connectivity index (χ0v) is 19.1. The number of likely N-dealkylation sites (N-methyl/N-ethyl adjacent to an activating group) is 1. The van der Waals surface area contributed by atoms with Crippen LogP contribution in [0.5, 0.6) is 0 Å². The van der Waals surface area contributed by atoms with Gasteiger partial charge >= 0.3 is 5.97 Å². The summed E-state index contributed by atoms with van der Waals surface area (Å²) in [5.41, 5.74) is 1.83. The molecule has 3 rings (SSSR count). The Hall–Kier alpha value is -2.74. The van der Waals surface area contributed by atoms with Crippen molar-refractivity contribution in [3.05, 3.63) is 51.5 Å². The fraction of sp³-hybridized carbons (Fsp3) is 0.478. The second kappa shape index (κ2) is 10.5. The molecule has 2 aromatic rings. The van der Waals surface area contributed by atoms with Gasteiger partial charge in [-0.15, -0.1) is 11.3 Å². The van der Waals surface area contributed by atoms with Crippen LogP contribution in [0.1, 0.15) is 45.7 Å². The first kappa shape index (κ1) is 22.9. The highest BCUT2D eigenvalue weighted by molar-refractivity contribution is 7.13. The normalized spacial score (nSPS) is 14.4. The molecule has 1 saturated heterocycles. The molecule has 8 heteroatoms. The van der Waals surface area contributed by atoms with E-state index >= 15 is 0 Å². The van der Waals surface area contributed by atoms with Crippen molar-refractivity contribution < 1.29 is 19.1 Å².